The fourth-order valence-corrected chi connectivity index (χ4v) is 9.81. The molecule has 9 heteroatoms. The van der Waals surface area contributed by atoms with Crippen molar-refractivity contribution >= 4 is 5.91 Å². The van der Waals surface area contributed by atoms with Gasteiger partial charge in [0.1, 0.15) is 24.4 Å². The van der Waals surface area contributed by atoms with Gasteiger partial charge in [-0.15, -0.1) is 0 Å². The van der Waals surface area contributed by atoms with Crippen LogP contribution in [0, 0.1) is 0 Å². The van der Waals surface area contributed by atoms with Crippen molar-refractivity contribution in [1.29, 1.82) is 0 Å². The fourth-order valence-electron chi connectivity index (χ4n) is 9.81. The van der Waals surface area contributed by atoms with Gasteiger partial charge >= 0.3 is 0 Å². The molecule has 7 unspecified atom stereocenters. The van der Waals surface area contributed by atoms with Gasteiger partial charge in [0.15, 0.2) is 6.29 Å². The van der Waals surface area contributed by atoms with Gasteiger partial charge in [-0.3, -0.25) is 4.79 Å². The summed E-state index contributed by atoms with van der Waals surface area (Å²) in [6.07, 6.45) is 50.1. The number of hydrogen-bond acceptors (Lipinski definition) is 8. The molecule has 0 aromatic rings. The van der Waals surface area contributed by atoms with Crippen molar-refractivity contribution in [1.82, 2.24) is 5.32 Å². The van der Waals surface area contributed by atoms with Gasteiger partial charge in [-0.2, -0.15) is 0 Å². The van der Waals surface area contributed by atoms with E-state index in [0.717, 1.165) is 38.5 Å². The van der Waals surface area contributed by atoms with E-state index in [2.05, 4.69) is 19.2 Å². The molecule has 394 valence electrons. The zero-order chi connectivity index (χ0) is 48.0. The van der Waals surface area contributed by atoms with Crippen LogP contribution in [-0.4, -0.2) is 87.5 Å². The van der Waals surface area contributed by atoms with Crippen LogP contribution in [0.4, 0.5) is 0 Å². The number of carbonyl (C=O) groups is 1. The molecule has 0 spiro atoms. The average molecular weight is 941 g/mol. The van der Waals surface area contributed by atoms with Crippen LogP contribution < -0.4 is 5.32 Å². The largest absolute Gasteiger partial charge is 0.394 e. The first-order chi connectivity index (χ1) is 32.3. The highest BCUT2D eigenvalue weighted by Crippen LogP contribution is 2.23. The van der Waals surface area contributed by atoms with Gasteiger partial charge in [-0.25, -0.2) is 0 Å². The number of rotatable bonds is 51. The second-order valence-corrected chi connectivity index (χ2v) is 20.8. The van der Waals surface area contributed by atoms with Crippen LogP contribution in [0.2, 0.25) is 0 Å². The summed E-state index contributed by atoms with van der Waals surface area (Å²) in [5.74, 6) is -0.139. The molecular formula is C57H113NO8. The van der Waals surface area contributed by atoms with E-state index in [1.165, 1.54) is 238 Å². The van der Waals surface area contributed by atoms with Crippen LogP contribution in [-0.2, 0) is 14.3 Å². The Bertz CT molecular complexity index is 1000. The van der Waals surface area contributed by atoms with Crippen molar-refractivity contribution < 1.29 is 39.8 Å². The number of amides is 1. The average Bonchev–Trinajstić information content (AvgIpc) is 3.32. The number of nitrogens with one attached hydrogen (secondary N) is 1. The van der Waals surface area contributed by atoms with Gasteiger partial charge in [-0.05, 0) is 12.8 Å². The Hall–Kier alpha value is -0.810. The highest BCUT2D eigenvalue weighted by molar-refractivity contribution is 5.76. The Labute approximate surface area is 408 Å². The molecule has 1 amide bonds. The maximum Gasteiger partial charge on any atom is 0.220 e. The second-order valence-electron chi connectivity index (χ2n) is 20.8. The van der Waals surface area contributed by atoms with Gasteiger partial charge in [0, 0.05) is 6.42 Å². The van der Waals surface area contributed by atoms with Gasteiger partial charge in [0.05, 0.1) is 25.4 Å². The zero-order valence-electron chi connectivity index (χ0n) is 43.7. The van der Waals surface area contributed by atoms with Crippen LogP contribution in [0.3, 0.4) is 0 Å². The lowest BCUT2D eigenvalue weighted by molar-refractivity contribution is -0.302. The number of aliphatic hydroxyl groups excluding tert-OH is 5. The summed E-state index contributed by atoms with van der Waals surface area (Å²) < 4.78 is 11.3. The zero-order valence-corrected chi connectivity index (χ0v) is 43.7. The summed E-state index contributed by atoms with van der Waals surface area (Å²) in [7, 11) is 0. The molecule has 0 bridgehead atoms. The summed E-state index contributed by atoms with van der Waals surface area (Å²) in [5.41, 5.74) is 0. The van der Waals surface area contributed by atoms with E-state index in [1.54, 1.807) is 0 Å². The van der Waals surface area contributed by atoms with Crippen molar-refractivity contribution in [3.8, 4) is 0 Å². The Balaban J connectivity index is 2.11. The molecule has 1 fully saturated rings. The summed E-state index contributed by atoms with van der Waals surface area (Å²) in [5, 5.41) is 54.6. The molecule has 9 nitrogen and oxygen atoms in total. The molecule has 6 N–H and O–H groups in total. The van der Waals surface area contributed by atoms with Crippen molar-refractivity contribution in [2.45, 2.75) is 346 Å². The highest BCUT2D eigenvalue weighted by atomic mass is 16.7. The molecule has 7 atom stereocenters. The molecule has 1 rings (SSSR count). The number of hydrogen-bond donors (Lipinski definition) is 6. The van der Waals surface area contributed by atoms with Crippen molar-refractivity contribution in [3.05, 3.63) is 0 Å². The molecule has 1 aliphatic rings. The van der Waals surface area contributed by atoms with E-state index in [0.29, 0.717) is 12.8 Å². The molecule has 0 aliphatic carbocycles. The summed E-state index contributed by atoms with van der Waals surface area (Å²) in [6, 6.07) is -0.712. The van der Waals surface area contributed by atoms with Crippen LogP contribution in [0.15, 0.2) is 0 Å². The maximum absolute atomic E-state index is 13.0. The Morgan fingerprint density at radius 3 is 1.08 bits per heavy atom. The normalized spacial score (nSPS) is 19.7. The van der Waals surface area contributed by atoms with Crippen LogP contribution in [0.5, 0.6) is 0 Å². The minimum atomic E-state index is -1.55. The third-order valence-electron chi connectivity index (χ3n) is 14.5. The van der Waals surface area contributed by atoms with Gasteiger partial charge in [-0.1, -0.05) is 284 Å². The summed E-state index contributed by atoms with van der Waals surface area (Å²) >= 11 is 0. The topological polar surface area (TPSA) is 149 Å². The first kappa shape index (κ1) is 63.2. The van der Waals surface area contributed by atoms with Crippen LogP contribution in [0.25, 0.3) is 0 Å². The van der Waals surface area contributed by atoms with Gasteiger partial charge < -0.3 is 40.3 Å². The second kappa shape index (κ2) is 47.8. The van der Waals surface area contributed by atoms with E-state index < -0.39 is 49.5 Å². The van der Waals surface area contributed by atoms with Gasteiger partial charge in [0.2, 0.25) is 5.91 Å². The Kier molecular flexibility index (Phi) is 45.8. The van der Waals surface area contributed by atoms with Crippen molar-refractivity contribution in [2.24, 2.45) is 0 Å². The maximum atomic E-state index is 13.0. The summed E-state index contributed by atoms with van der Waals surface area (Å²) in [4.78, 5) is 13.0. The molecular weight excluding hydrogens is 827 g/mol. The lowest BCUT2D eigenvalue weighted by atomic mass is 9.99. The van der Waals surface area contributed by atoms with E-state index in [-0.39, 0.29) is 12.5 Å². The molecule has 1 saturated heterocycles. The molecule has 0 aromatic heterocycles. The predicted molar refractivity (Wildman–Crippen MR) is 277 cm³/mol. The Morgan fingerprint density at radius 1 is 0.455 bits per heavy atom. The lowest BCUT2D eigenvalue weighted by Crippen LogP contribution is -2.60. The predicted octanol–water partition coefficient (Wildman–Crippen LogP) is 14.2. The van der Waals surface area contributed by atoms with E-state index in [9.17, 15) is 30.3 Å². The Morgan fingerprint density at radius 2 is 0.758 bits per heavy atom. The number of ether oxygens (including phenoxy) is 2. The minimum Gasteiger partial charge on any atom is -0.394 e. The first-order valence-electron chi connectivity index (χ1n) is 29.2. The molecule has 66 heavy (non-hydrogen) atoms. The lowest BCUT2D eigenvalue weighted by Gasteiger charge is -2.40. The quantitative estimate of drug-likeness (QED) is 0.0330. The van der Waals surface area contributed by atoms with E-state index >= 15 is 0 Å². The fraction of sp³-hybridized carbons (Fsp3) is 0.982. The number of unbranched alkanes of at least 4 members (excludes halogenated alkanes) is 41. The van der Waals surface area contributed by atoms with Crippen molar-refractivity contribution in [2.75, 3.05) is 13.2 Å². The minimum absolute atomic E-state index is 0.131. The van der Waals surface area contributed by atoms with E-state index in [1.807, 2.05) is 0 Å². The molecule has 1 heterocycles. The number of aliphatic hydroxyl groups is 5. The highest BCUT2D eigenvalue weighted by Gasteiger charge is 2.44. The molecule has 0 aromatic carbocycles. The first-order valence-corrected chi connectivity index (χ1v) is 29.2. The smallest absolute Gasteiger partial charge is 0.220 e. The molecule has 1 aliphatic heterocycles. The number of carbonyl (C=O) groups excluding carboxylic acids is 1. The standard InChI is InChI=1S/C57H113NO8/c1-3-5-7-9-11-13-15-17-18-19-20-21-22-23-24-25-26-27-28-29-30-31-32-33-35-36-38-40-42-44-46-51(60)50(49-65-57-56(64)55(63)54(62)52(48-59)66-57)58-53(61)47-45-43-41-39-37-34-16-14-12-10-8-6-4-2/h50-52,54-57,59-60,62-64H,3-49H2,1-2H3,(H,58,61). The van der Waals surface area contributed by atoms with Crippen LogP contribution >= 0.6 is 0 Å². The monoisotopic (exact) mass is 940 g/mol. The van der Waals surface area contributed by atoms with Gasteiger partial charge in [0.25, 0.3) is 0 Å². The van der Waals surface area contributed by atoms with Crippen molar-refractivity contribution in [3.63, 3.8) is 0 Å². The summed E-state index contributed by atoms with van der Waals surface area (Å²) in [6.45, 7) is 3.87. The SMILES string of the molecule is CCCCCCCCCCCCCCCCCCCCCCCCCCCCCCCCC(O)C(COC1OC(CO)C(O)C(O)C1O)NC(=O)CCCCCCCCCCCCCCC. The third-order valence-corrected chi connectivity index (χ3v) is 14.5. The third kappa shape index (κ3) is 37.1. The van der Waals surface area contributed by atoms with Crippen LogP contribution in [0.1, 0.15) is 303 Å². The van der Waals surface area contributed by atoms with E-state index in [4.69, 9.17) is 9.47 Å². The molecule has 0 saturated carbocycles. The molecule has 0 radical (unpaired) electrons.